The summed E-state index contributed by atoms with van der Waals surface area (Å²) < 4.78 is 10.9. The van der Waals surface area contributed by atoms with E-state index in [9.17, 15) is 4.79 Å². The summed E-state index contributed by atoms with van der Waals surface area (Å²) in [6, 6.07) is 8.14. The summed E-state index contributed by atoms with van der Waals surface area (Å²) in [6.45, 7) is 8.81. The van der Waals surface area contributed by atoms with Crippen LogP contribution in [0.4, 0.5) is 0 Å². The number of nitrogens with zero attached hydrogens (tertiary/aromatic N) is 1. The van der Waals surface area contributed by atoms with Crippen LogP contribution in [0, 0.1) is 5.92 Å². The lowest BCUT2D eigenvalue weighted by molar-refractivity contribution is -0.145. The van der Waals surface area contributed by atoms with Gasteiger partial charge in [0.15, 0.2) is 0 Å². The summed E-state index contributed by atoms with van der Waals surface area (Å²) in [5, 5.41) is 0. The van der Waals surface area contributed by atoms with Crippen LogP contribution in [0.2, 0.25) is 0 Å². The van der Waals surface area contributed by atoms with Gasteiger partial charge >= 0.3 is 0 Å². The van der Waals surface area contributed by atoms with Gasteiger partial charge in [0.1, 0.15) is 11.9 Å². The van der Waals surface area contributed by atoms with Crippen LogP contribution in [0.25, 0.3) is 0 Å². The van der Waals surface area contributed by atoms with Crippen molar-refractivity contribution in [2.24, 2.45) is 5.92 Å². The van der Waals surface area contributed by atoms with Crippen molar-refractivity contribution < 1.29 is 14.3 Å². The van der Waals surface area contributed by atoms with Crippen molar-refractivity contribution in [1.29, 1.82) is 0 Å². The van der Waals surface area contributed by atoms with E-state index in [0.717, 1.165) is 17.7 Å². The minimum absolute atomic E-state index is 0.0641. The van der Waals surface area contributed by atoms with Gasteiger partial charge in [-0.2, -0.15) is 0 Å². The number of ether oxygens (including phenoxy) is 2. The van der Waals surface area contributed by atoms with Gasteiger partial charge in [-0.1, -0.05) is 18.2 Å². The monoisotopic (exact) mass is 331 g/mol. The third-order valence-electron chi connectivity index (χ3n) is 4.63. The van der Waals surface area contributed by atoms with E-state index in [-0.39, 0.29) is 11.9 Å². The molecule has 2 rings (SSSR count). The van der Waals surface area contributed by atoms with E-state index in [4.69, 9.17) is 9.47 Å². The summed E-state index contributed by atoms with van der Waals surface area (Å²) in [5.74, 6) is 1.51. The molecule has 1 fully saturated rings. The first-order valence-electron chi connectivity index (χ1n) is 8.72. The number of hydrogen-bond acceptors (Lipinski definition) is 3. The topological polar surface area (TPSA) is 38.8 Å². The number of methoxy groups -OCH3 is 1. The zero-order valence-corrected chi connectivity index (χ0v) is 15.0. The smallest absolute Gasteiger partial charge is 0.251 e. The van der Waals surface area contributed by atoms with Crippen molar-refractivity contribution in [2.45, 2.75) is 51.8 Å². The molecule has 0 saturated heterocycles. The van der Waals surface area contributed by atoms with Gasteiger partial charge < -0.3 is 14.4 Å². The molecule has 0 aliphatic heterocycles. The van der Waals surface area contributed by atoms with Crippen molar-refractivity contribution in [3.05, 3.63) is 42.5 Å². The van der Waals surface area contributed by atoms with Crippen molar-refractivity contribution in [3.63, 3.8) is 0 Å². The Labute approximate surface area is 145 Å². The van der Waals surface area contributed by atoms with Crippen LogP contribution in [0.15, 0.2) is 36.9 Å². The molecule has 1 aromatic carbocycles. The Morgan fingerprint density at radius 1 is 1.33 bits per heavy atom. The first-order chi connectivity index (χ1) is 11.6. The highest BCUT2D eigenvalue weighted by Gasteiger charge is 2.35. The number of carbonyl (C=O) groups excluding carboxylic acids is 1. The van der Waals surface area contributed by atoms with Gasteiger partial charge in [-0.25, -0.2) is 0 Å². The highest BCUT2D eigenvalue weighted by Crippen LogP contribution is 2.36. The minimum atomic E-state index is -0.426. The lowest BCUT2D eigenvalue weighted by Crippen LogP contribution is -2.44. The van der Waals surface area contributed by atoms with E-state index in [1.54, 1.807) is 13.2 Å². The van der Waals surface area contributed by atoms with Crippen LogP contribution in [0.1, 0.15) is 38.7 Å². The number of amides is 1. The second kappa shape index (κ2) is 8.88. The second-order valence-electron chi connectivity index (χ2n) is 6.48. The van der Waals surface area contributed by atoms with Gasteiger partial charge in [0, 0.05) is 12.6 Å². The molecule has 4 nitrogen and oxygen atoms in total. The number of rotatable bonds is 10. The molecule has 0 aromatic heterocycles. The van der Waals surface area contributed by atoms with Gasteiger partial charge in [-0.3, -0.25) is 4.79 Å². The Morgan fingerprint density at radius 3 is 2.54 bits per heavy atom. The number of carbonyl (C=O) groups is 1. The Kier molecular flexibility index (Phi) is 6.85. The Hall–Kier alpha value is -1.81. The van der Waals surface area contributed by atoms with Crippen LogP contribution in [-0.4, -0.2) is 36.7 Å². The average molecular weight is 331 g/mol. The average Bonchev–Trinajstić information content (AvgIpc) is 3.44. The predicted molar refractivity (Wildman–Crippen MR) is 96.0 cm³/mol. The van der Waals surface area contributed by atoms with E-state index in [1.165, 1.54) is 12.8 Å². The van der Waals surface area contributed by atoms with Crippen LogP contribution in [0.3, 0.4) is 0 Å². The van der Waals surface area contributed by atoms with Gasteiger partial charge in [-0.05, 0) is 56.7 Å². The first-order valence-corrected chi connectivity index (χ1v) is 8.72. The molecule has 24 heavy (non-hydrogen) atoms. The van der Waals surface area contributed by atoms with Crippen LogP contribution in [-0.2, 0) is 16.1 Å². The first kappa shape index (κ1) is 18.5. The molecule has 0 N–H and O–H groups in total. The van der Waals surface area contributed by atoms with E-state index < -0.39 is 6.10 Å². The fourth-order valence-corrected chi connectivity index (χ4v) is 2.82. The largest absolute Gasteiger partial charge is 0.497 e. The van der Waals surface area contributed by atoms with Gasteiger partial charge in [0.25, 0.3) is 5.91 Å². The minimum Gasteiger partial charge on any atom is -0.497 e. The standard InChI is InChI=1S/C20H29NO3/c1-5-6-13-24-16(3)20(22)21(15(2)18-9-10-18)14-17-7-11-19(23-4)12-8-17/h5,7-8,11-12,15-16,18H,1,6,9-10,13-14H2,2-4H3. The van der Waals surface area contributed by atoms with E-state index in [1.807, 2.05) is 36.1 Å². The lowest BCUT2D eigenvalue weighted by atomic mass is 10.1. The fourth-order valence-electron chi connectivity index (χ4n) is 2.82. The highest BCUT2D eigenvalue weighted by molar-refractivity contribution is 5.81. The summed E-state index contributed by atoms with van der Waals surface area (Å²) in [6.07, 6.45) is 4.55. The molecule has 2 unspecified atom stereocenters. The molecule has 0 radical (unpaired) electrons. The molecule has 132 valence electrons. The maximum Gasteiger partial charge on any atom is 0.251 e. The summed E-state index contributed by atoms with van der Waals surface area (Å²) >= 11 is 0. The number of hydrogen-bond donors (Lipinski definition) is 0. The van der Waals surface area contributed by atoms with Crippen molar-refractivity contribution >= 4 is 5.91 Å². The lowest BCUT2D eigenvalue weighted by Gasteiger charge is -2.32. The SMILES string of the molecule is C=CCCOC(C)C(=O)N(Cc1ccc(OC)cc1)C(C)C1CC1. The summed E-state index contributed by atoms with van der Waals surface area (Å²) in [4.78, 5) is 14.9. The fraction of sp³-hybridized carbons (Fsp3) is 0.550. The molecular formula is C20H29NO3. The molecular weight excluding hydrogens is 302 g/mol. The zero-order chi connectivity index (χ0) is 17.5. The van der Waals surface area contributed by atoms with Crippen LogP contribution in [0.5, 0.6) is 5.75 Å². The maximum absolute atomic E-state index is 12.9. The molecule has 1 saturated carbocycles. The van der Waals surface area contributed by atoms with Crippen LogP contribution < -0.4 is 4.74 Å². The second-order valence-corrected chi connectivity index (χ2v) is 6.48. The van der Waals surface area contributed by atoms with Gasteiger partial charge in [0.2, 0.25) is 0 Å². The molecule has 2 atom stereocenters. The quantitative estimate of drug-likeness (QED) is 0.483. The zero-order valence-electron chi connectivity index (χ0n) is 15.0. The Balaban J connectivity index is 2.05. The summed E-state index contributed by atoms with van der Waals surface area (Å²) in [5.41, 5.74) is 1.11. The molecule has 0 spiro atoms. The molecule has 1 amide bonds. The Bertz CT molecular complexity index is 536. The van der Waals surface area contributed by atoms with Crippen molar-refractivity contribution in [1.82, 2.24) is 4.90 Å². The predicted octanol–water partition coefficient (Wildman–Crippen LogP) is 3.80. The molecule has 0 heterocycles. The maximum atomic E-state index is 12.9. The van der Waals surface area contributed by atoms with Gasteiger partial charge in [0.05, 0.1) is 13.7 Å². The van der Waals surface area contributed by atoms with Crippen molar-refractivity contribution in [2.75, 3.05) is 13.7 Å². The number of benzene rings is 1. The third-order valence-corrected chi connectivity index (χ3v) is 4.63. The highest BCUT2D eigenvalue weighted by atomic mass is 16.5. The van der Waals surface area contributed by atoms with E-state index >= 15 is 0 Å². The molecule has 1 aliphatic carbocycles. The van der Waals surface area contributed by atoms with E-state index in [0.29, 0.717) is 19.1 Å². The molecule has 4 heteroatoms. The van der Waals surface area contributed by atoms with Crippen LogP contribution >= 0.6 is 0 Å². The molecule has 0 bridgehead atoms. The third kappa shape index (κ3) is 5.10. The summed E-state index contributed by atoms with van der Waals surface area (Å²) in [7, 11) is 1.66. The normalized spacial score (nSPS) is 16.3. The molecule has 1 aliphatic rings. The Morgan fingerprint density at radius 2 is 2.00 bits per heavy atom. The van der Waals surface area contributed by atoms with Gasteiger partial charge in [-0.15, -0.1) is 6.58 Å². The van der Waals surface area contributed by atoms with E-state index in [2.05, 4.69) is 13.5 Å². The molecule has 1 aromatic rings. The van der Waals surface area contributed by atoms with Crippen molar-refractivity contribution in [3.8, 4) is 5.75 Å².